The second-order valence-corrected chi connectivity index (χ2v) is 6.30. The van der Waals surface area contributed by atoms with E-state index in [1.807, 2.05) is 6.92 Å². The van der Waals surface area contributed by atoms with Gasteiger partial charge in [0.2, 0.25) is 5.91 Å². The van der Waals surface area contributed by atoms with Gasteiger partial charge in [0.05, 0.1) is 18.7 Å². The molecule has 2 rings (SSSR count). The summed E-state index contributed by atoms with van der Waals surface area (Å²) in [6, 6.07) is 0.382. The van der Waals surface area contributed by atoms with Gasteiger partial charge < -0.3 is 10.1 Å². The molecule has 0 bridgehead atoms. The van der Waals surface area contributed by atoms with Crippen LogP contribution in [0.5, 0.6) is 0 Å². The van der Waals surface area contributed by atoms with Crippen molar-refractivity contribution in [2.45, 2.75) is 58.1 Å². The molecule has 5 heteroatoms. The highest BCUT2D eigenvalue weighted by molar-refractivity contribution is 7.11. The number of ether oxygens (including phenoxy) is 1. The normalized spacial score (nSPS) is 16.5. The summed E-state index contributed by atoms with van der Waals surface area (Å²) < 4.78 is 5.07. The van der Waals surface area contributed by atoms with E-state index in [-0.39, 0.29) is 5.91 Å². The third-order valence-electron chi connectivity index (χ3n) is 3.50. The molecule has 1 heterocycles. The van der Waals surface area contributed by atoms with Crippen molar-refractivity contribution in [2.24, 2.45) is 0 Å². The summed E-state index contributed by atoms with van der Waals surface area (Å²) in [6.45, 7) is 2.48. The molecule has 1 aromatic heterocycles. The van der Waals surface area contributed by atoms with E-state index in [4.69, 9.17) is 4.74 Å². The fourth-order valence-electron chi connectivity index (χ4n) is 2.51. The minimum Gasteiger partial charge on any atom is -0.378 e. The van der Waals surface area contributed by atoms with E-state index in [0.29, 0.717) is 19.1 Å². The molecule has 1 aliphatic carbocycles. The molecule has 1 fully saturated rings. The van der Waals surface area contributed by atoms with Crippen molar-refractivity contribution in [1.29, 1.82) is 0 Å². The second kappa shape index (κ2) is 7.01. The molecule has 1 saturated carbocycles. The van der Waals surface area contributed by atoms with E-state index < -0.39 is 0 Å². The van der Waals surface area contributed by atoms with Gasteiger partial charge in [-0.05, 0) is 19.8 Å². The Balaban J connectivity index is 1.87. The molecule has 0 spiro atoms. The Bertz CT molecular complexity index is 425. The van der Waals surface area contributed by atoms with E-state index in [0.717, 1.165) is 28.4 Å². The SMILES string of the molecule is COCc1nc(C)c(CC(=O)NC2CCCCC2)s1. The van der Waals surface area contributed by atoms with E-state index in [1.54, 1.807) is 18.4 Å². The molecule has 0 atom stereocenters. The van der Waals surface area contributed by atoms with Gasteiger partial charge in [-0.3, -0.25) is 4.79 Å². The molecule has 4 nitrogen and oxygen atoms in total. The number of rotatable bonds is 5. The van der Waals surface area contributed by atoms with Gasteiger partial charge in [-0.2, -0.15) is 0 Å². The first-order chi connectivity index (χ1) is 9.19. The van der Waals surface area contributed by atoms with Gasteiger partial charge in [0.25, 0.3) is 0 Å². The van der Waals surface area contributed by atoms with Gasteiger partial charge in [0.15, 0.2) is 0 Å². The zero-order chi connectivity index (χ0) is 13.7. The van der Waals surface area contributed by atoms with E-state index in [1.165, 1.54) is 19.3 Å². The summed E-state index contributed by atoms with van der Waals surface area (Å²) in [5.41, 5.74) is 0.954. The lowest BCUT2D eigenvalue weighted by Crippen LogP contribution is -2.37. The fourth-order valence-corrected chi connectivity index (χ4v) is 3.55. The Labute approximate surface area is 118 Å². The van der Waals surface area contributed by atoms with Crippen LogP contribution in [0.1, 0.15) is 47.7 Å². The second-order valence-electron chi connectivity index (χ2n) is 5.13. The van der Waals surface area contributed by atoms with Gasteiger partial charge in [-0.1, -0.05) is 19.3 Å². The largest absolute Gasteiger partial charge is 0.378 e. The minimum absolute atomic E-state index is 0.127. The average molecular weight is 282 g/mol. The highest BCUT2D eigenvalue weighted by Crippen LogP contribution is 2.20. The Morgan fingerprint density at radius 2 is 2.16 bits per heavy atom. The predicted octanol–water partition coefficient (Wildman–Crippen LogP) is 2.59. The highest BCUT2D eigenvalue weighted by atomic mass is 32.1. The molecule has 0 saturated heterocycles. The van der Waals surface area contributed by atoms with Crippen molar-refractivity contribution in [3.8, 4) is 0 Å². The number of thiazole rings is 1. The minimum atomic E-state index is 0.127. The summed E-state index contributed by atoms with van der Waals surface area (Å²) in [6.07, 6.45) is 6.49. The molecule has 19 heavy (non-hydrogen) atoms. The van der Waals surface area contributed by atoms with Crippen LogP contribution in [-0.2, 0) is 22.6 Å². The fraction of sp³-hybridized carbons (Fsp3) is 0.714. The number of methoxy groups -OCH3 is 1. The lowest BCUT2D eigenvalue weighted by molar-refractivity contribution is -0.121. The average Bonchev–Trinajstić information content (AvgIpc) is 2.71. The summed E-state index contributed by atoms with van der Waals surface area (Å²) >= 11 is 1.58. The lowest BCUT2D eigenvalue weighted by Gasteiger charge is -2.22. The number of hydrogen-bond acceptors (Lipinski definition) is 4. The van der Waals surface area contributed by atoms with Gasteiger partial charge in [-0.15, -0.1) is 11.3 Å². The Kier molecular flexibility index (Phi) is 5.34. The molecule has 0 aromatic carbocycles. The maximum Gasteiger partial charge on any atom is 0.225 e. The summed E-state index contributed by atoms with van der Waals surface area (Å²) in [5.74, 6) is 0.127. The Morgan fingerprint density at radius 1 is 1.42 bits per heavy atom. The summed E-state index contributed by atoms with van der Waals surface area (Å²) in [4.78, 5) is 17.5. The monoisotopic (exact) mass is 282 g/mol. The Morgan fingerprint density at radius 3 is 2.84 bits per heavy atom. The van der Waals surface area contributed by atoms with Crippen molar-refractivity contribution in [3.63, 3.8) is 0 Å². The van der Waals surface area contributed by atoms with Crippen molar-refractivity contribution >= 4 is 17.2 Å². The molecule has 1 aromatic rings. The lowest BCUT2D eigenvalue weighted by atomic mass is 9.95. The van der Waals surface area contributed by atoms with Crippen LogP contribution in [0, 0.1) is 6.92 Å². The van der Waals surface area contributed by atoms with Gasteiger partial charge in [0.1, 0.15) is 5.01 Å². The maximum absolute atomic E-state index is 12.0. The molecule has 106 valence electrons. The van der Waals surface area contributed by atoms with Gasteiger partial charge in [-0.25, -0.2) is 4.98 Å². The molecule has 0 radical (unpaired) electrons. The van der Waals surface area contributed by atoms with Crippen molar-refractivity contribution in [1.82, 2.24) is 10.3 Å². The molecule has 1 N–H and O–H groups in total. The molecule has 0 unspecified atom stereocenters. The third kappa shape index (κ3) is 4.28. The predicted molar refractivity (Wildman–Crippen MR) is 76.3 cm³/mol. The number of aromatic nitrogens is 1. The summed E-state index contributed by atoms with van der Waals surface area (Å²) in [7, 11) is 1.66. The van der Waals surface area contributed by atoms with Crippen LogP contribution in [0.15, 0.2) is 0 Å². The van der Waals surface area contributed by atoms with E-state index in [9.17, 15) is 4.79 Å². The van der Waals surface area contributed by atoms with Crippen LogP contribution in [0.3, 0.4) is 0 Å². The van der Waals surface area contributed by atoms with Crippen LogP contribution in [-0.4, -0.2) is 24.0 Å². The first-order valence-corrected chi connectivity index (χ1v) is 7.74. The quantitative estimate of drug-likeness (QED) is 0.903. The van der Waals surface area contributed by atoms with Crippen molar-refractivity contribution < 1.29 is 9.53 Å². The van der Waals surface area contributed by atoms with Crippen LogP contribution in [0.2, 0.25) is 0 Å². The molecular formula is C14H22N2O2S. The van der Waals surface area contributed by atoms with Gasteiger partial charge >= 0.3 is 0 Å². The van der Waals surface area contributed by atoms with Crippen LogP contribution >= 0.6 is 11.3 Å². The van der Waals surface area contributed by atoms with Gasteiger partial charge in [0, 0.05) is 18.0 Å². The maximum atomic E-state index is 12.0. The number of nitrogens with one attached hydrogen (secondary N) is 1. The molecule has 0 aliphatic heterocycles. The van der Waals surface area contributed by atoms with Crippen molar-refractivity contribution in [2.75, 3.05) is 7.11 Å². The first kappa shape index (κ1) is 14.5. The molecular weight excluding hydrogens is 260 g/mol. The van der Waals surface area contributed by atoms with Crippen LogP contribution in [0.25, 0.3) is 0 Å². The topological polar surface area (TPSA) is 51.2 Å². The third-order valence-corrected chi connectivity index (χ3v) is 4.63. The van der Waals surface area contributed by atoms with Crippen LogP contribution < -0.4 is 5.32 Å². The standard InChI is InChI=1S/C14H22N2O2S/c1-10-12(19-14(15-10)9-18-2)8-13(17)16-11-6-4-3-5-7-11/h11H,3-9H2,1-2H3,(H,16,17). The molecule has 1 aliphatic rings. The number of carbonyl (C=O) groups excluding carboxylic acids is 1. The number of carbonyl (C=O) groups is 1. The van der Waals surface area contributed by atoms with E-state index in [2.05, 4.69) is 10.3 Å². The first-order valence-electron chi connectivity index (χ1n) is 6.92. The summed E-state index contributed by atoms with van der Waals surface area (Å²) in [5, 5.41) is 4.09. The number of nitrogens with zero attached hydrogens (tertiary/aromatic N) is 1. The number of hydrogen-bond donors (Lipinski definition) is 1. The highest BCUT2D eigenvalue weighted by Gasteiger charge is 2.17. The zero-order valence-electron chi connectivity index (χ0n) is 11.7. The molecule has 1 amide bonds. The van der Waals surface area contributed by atoms with Crippen LogP contribution in [0.4, 0.5) is 0 Å². The smallest absolute Gasteiger partial charge is 0.225 e. The number of aryl methyl sites for hydroxylation is 1. The number of amides is 1. The Hall–Kier alpha value is -0.940. The zero-order valence-corrected chi connectivity index (χ0v) is 12.5. The van der Waals surface area contributed by atoms with E-state index >= 15 is 0 Å². The van der Waals surface area contributed by atoms with Crippen molar-refractivity contribution in [3.05, 3.63) is 15.6 Å².